The number of carbonyl (C=O) groups excluding carboxylic acids is 2. The van der Waals surface area contributed by atoms with Gasteiger partial charge in [0.2, 0.25) is 5.91 Å². The molecule has 1 fully saturated rings. The topological polar surface area (TPSA) is 67.4 Å². The molecule has 25 heavy (non-hydrogen) atoms. The van der Waals surface area contributed by atoms with E-state index in [-0.39, 0.29) is 17.9 Å². The maximum Gasteiger partial charge on any atom is 0.254 e. The third kappa shape index (κ3) is 4.48. The first-order valence-electron chi connectivity index (χ1n) is 8.09. The first-order chi connectivity index (χ1) is 12.1. The number of thiophene rings is 1. The minimum absolute atomic E-state index is 0.136. The lowest BCUT2D eigenvalue weighted by Crippen LogP contribution is -2.26. The number of rotatable bonds is 6. The molecule has 6 heteroatoms. The molecule has 1 aliphatic rings. The number of aryl methyl sites for hydroxylation is 1. The van der Waals surface area contributed by atoms with Crippen LogP contribution in [0.25, 0.3) is 6.08 Å². The van der Waals surface area contributed by atoms with E-state index in [1.54, 1.807) is 24.6 Å². The fourth-order valence-corrected chi connectivity index (χ4v) is 3.17. The molecule has 2 aromatic rings. The summed E-state index contributed by atoms with van der Waals surface area (Å²) in [5.41, 5.74) is 2.42. The standard InChI is InChI=1S/C19H20N2O3S/c1-12-3-7-16(24-2)13(11-12)4-8-17(22)21-19-15(9-10-25-19)18(23)20-14-5-6-14/h3-4,7-11,14H,5-6H2,1-2H3,(H,20,23)(H,21,22)/b8-4+. The molecule has 1 heterocycles. The van der Waals surface area contributed by atoms with Crippen LogP contribution in [0.2, 0.25) is 0 Å². The Balaban J connectivity index is 1.68. The quantitative estimate of drug-likeness (QED) is 0.777. The van der Waals surface area contributed by atoms with Crippen molar-refractivity contribution in [1.29, 1.82) is 0 Å². The molecule has 2 N–H and O–H groups in total. The highest BCUT2D eigenvalue weighted by Gasteiger charge is 2.25. The number of hydrogen-bond donors (Lipinski definition) is 2. The maximum atomic E-state index is 12.2. The molecule has 0 bridgehead atoms. The van der Waals surface area contributed by atoms with Crippen molar-refractivity contribution >= 4 is 34.2 Å². The Labute approximate surface area is 150 Å². The molecular weight excluding hydrogens is 336 g/mol. The second-order valence-corrected chi connectivity index (χ2v) is 6.90. The van der Waals surface area contributed by atoms with E-state index in [0.717, 1.165) is 24.0 Å². The highest BCUT2D eigenvalue weighted by Crippen LogP contribution is 2.26. The van der Waals surface area contributed by atoms with Gasteiger partial charge in [-0.15, -0.1) is 11.3 Å². The Morgan fingerprint density at radius 1 is 1.28 bits per heavy atom. The van der Waals surface area contributed by atoms with Gasteiger partial charge in [-0.1, -0.05) is 11.6 Å². The van der Waals surface area contributed by atoms with Gasteiger partial charge in [-0.2, -0.15) is 0 Å². The lowest BCUT2D eigenvalue weighted by atomic mass is 10.1. The molecule has 3 rings (SSSR count). The summed E-state index contributed by atoms with van der Waals surface area (Å²) in [6.45, 7) is 1.98. The van der Waals surface area contributed by atoms with Crippen molar-refractivity contribution in [2.75, 3.05) is 12.4 Å². The third-order valence-corrected chi connectivity index (χ3v) is 4.69. The summed E-state index contributed by atoms with van der Waals surface area (Å²) in [6.07, 6.45) is 5.20. The Hall–Kier alpha value is -2.60. The Morgan fingerprint density at radius 3 is 2.80 bits per heavy atom. The first kappa shape index (κ1) is 17.2. The van der Waals surface area contributed by atoms with E-state index < -0.39 is 0 Å². The maximum absolute atomic E-state index is 12.2. The number of benzene rings is 1. The number of methoxy groups -OCH3 is 1. The van der Waals surface area contributed by atoms with Crippen LogP contribution in [-0.4, -0.2) is 25.0 Å². The van der Waals surface area contributed by atoms with Crippen molar-refractivity contribution in [1.82, 2.24) is 5.32 Å². The van der Waals surface area contributed by atoms with Gasteiger partial charge in [0.25, 0.3) is 5.91 Å². The molecule has 2 amide bonds. The molecule has 0 saturated heterocycles. The Bertz CT molecular complexity index is 822. The van der Waals surface area contributed by atoms with Crippen molar-refractivity contribution in [3.8, 4) is 5.75 Å². The normalized spacial score (nSPS) is 13.7. The predicted molar refractivity (Wildman–Crippen MR) is 100 cm³/mol. The van der Waals surface area contributed by atoms with Gasteiger partial charge in [-0.05, 0) is 49.4 Å². The zero-order chi connectivity index (χ0) is 17.8. The van der Waals surface area contributed by atoms with E-state index in [4.69, 9.17) is 4.74 Å². The predicted octanol–water partition coefficient (Wildman–Crippen LogP) is 3.61. The van der Waals surface area contributed by atoms with Gasteiger partial charge >= 0.3 is 0 Å². The summed E-state index contributed by atoms with van der Waals surface area (Å²) in [4.78, 5) is 24.4. The Morgan fingerprint density at radius 2 is 2.08 bits per heavy atom. The number of hydrogen-bond acceptors (Lipinski definition) is 4. The number of anilines is 1. The van der Waals surface area contributed by atoms with E-state index in [1.165, 1.54) is 17.4 Å². The highest BCUT2D eigenvalue weighted by molar-refractivity contribution is 7.14. The summed E-state index contributed by atoms with van der Waals surface area (Å²) >= 11 is 1.33. The molecule has 0 unspecified atom stereocenters. The summed E-state index contributed by atoms with van der Waals surface area (Å²) in [5.74, 6) is 0.283. The smallest absolute Gasteiger partial charge is 0.254 e. The van der Waals surface area contributed by atoms with E-state index in [0.29, 0.717) is 16.3 Å². The van der Waals surface area contributed by atoms with Crippen LogP contribution < -0.4 is 15.4 Å². The molecule has 1 aliphatic carbocycles. The van der Waals surface area contributed by atoms with Gasteiger partial charge in [0.05, 0.1) is 12.7 Å². The zero-order valence-corrected chi connectivity index (χ0v) is 15.0. The van der Waals surface area contributed by atoms with Crippen LogP contribution in [-0.2, 0) is 4.79 Å². The van der Waals surface area contributed by atoms with Crippen LogP contribution in [0.5, 0.6) is 5.75 Å². The summed E-state index contributed by atoms with van der Waals surface area (Å²) in [5, 5.41) is 8.07. The van der Waals surface area contributed by atoms with Gasteiger partial charge in [0.15, 0.2) is 0 Å². The largest absolute Gasteiger partial charge is 0.496 e. The minimum atomic E-state index is -0.286. The number of carbonyl (C=O) groups is 2. The number of ether oxygens (including phenoxy) is 1. The van der Waals surface area contributed by atoms with E-state index in [2.05, 4.69) is 10.6 Å². The lowest BCUT2D eigenvalue weighted by molar-refractivity contribution is -0.111. The van der Waals surface area contributed by atoms with Gasteiger partial charge in [-0.25, -0.2) is 0 Å². The van der Waals surface area contributed by atoms with Crippen LogP contribution in [0, 0.1) is 6.92 Å². The fourth-order valence-electron chi connectivity index (χ4n) is 2.38. The molecule has 0 aliphatic heterocycles. The van der Waals surface area contributed by atoms with E-state index >= 15 is 0 Å². The average Bonchev–Trinajstić information content (AvgIpc) is 3.28. The van der Waals surface area contributed by atoms with Gasteiger partial charge in [0, 0.05) is 17.7 Å². The summed E-state index contributed by atoms with van der Waals surface area (Å²) < 4.78 is 5.30. The number of nitrogens with one attached hydrogen (secondary N) is 2. The van der Waals surface area contributed by atoms with Gasteiger partial charge in [0.1, 0.15) is 10.8 Å². The summed E-state index contributed by atoms with van der Waals surface area (Å²) in [6, 6.07) is 7.77. The van der Waals surface area contributed by atoms with E-state index in [9.17, 15) is 9.59 Å². The van der Waals surface area contributed by atoms with E-state index in [1.807, 2.05) is 25.1 Å². The zero-order valence-electron chi connectivity index (χ0n) is 14.2. The molecule has 0 radical (unpaired) electrons. The number of amides is 2. The molecule has 1 saturated carbocycles. The van der Waals surface area contributed by atoms with Crippen LogP contribution in [0.1, 0.15) is 34.3 Å². The molecule has 1 aromatic heterocycles. The minimum Gasteiger partial charge on any atom is -0.496 e. The SMILES string of the molecule is COc1ccc(C)cc1/C=C/C(=O)Nc1sccc1C(=O)NC1CC1. The van der Waals surface area contributed by atoms with Crippen LogP contribution >= 0.6 is 11.3 Å². The lowest BCUT2D eigenvalue weighted by Gasteiger charge is -2.06. The molecular formula is C19H20N2O3S. The average molecular weight is 356 g/mol. The van der Waals surface area contributed by atoms with Crippen molar-refractivity contribution in [2.45, 2.75) is 25.8 Å². The molecule has 5 nitrogen and oxygen atoms in total. The second kappa shape index (κ2) is 7.53. The van der Waals surface area contributed by atoms with Crippen molar-refractivity contribution in [2.24, 2.45) is 0 Å². The van der Waals surface area contributed by atoms with Crippen LogP contribution in [0.15, 0.2) is 35.7 Å². The monoisotopic (exact) mass is 356 g/mol. The Kier molecular flexibility index (Phi) is 5.19. The third-order valence-electron chi connectivity index (χ3n) is 3.86. The van der Waals surface area contributed by atoms with Crippen molar-refractivity contribution < 1.29 is 14.3 Å². The first-order valence-corrected chi connectivity index (χ1v) is 8.97. The fraction of sp³-hybridized carbons (Fsp3) is 0.263. The van der Waals surface area contributed by atoms with Crippen molar-refractivity contribution in [3.05, 3.63) is 52.4 Å². The molecule has 0 spiro atoms. The molecule has 130 valence electrons. The molecule has 1 aromatic carbocycles. The van der Waals surface area contributed by atoms with Crippen molar-refractivity contribution in [3.63, 3.8) is 0 Å². The van der Waals surface area contributed by atoms with Crippen LogP contribution in [0.3, 0.4) is 0 Å². The van der Waals surface area contributed by atoms with Gasteiger partial charge < -0.3 is 15.4 Å². The van der Waals surface area contributed by atoms with Gasteiger partial charge in [-0.3, -0.25) is 9.59 Å². The van der Waals surface area contributed by atoms with Crippen LogP contribution in [0.4, 0.5) is 5.00 Å². The highest BCUT2D eigenvalue weighted by atomic mass is 32.1. The molecule has 0 atom stereocenters. The second-order valence-electron chi connectivity index (χ2n) is 5.98. The summed E-state index contributed by atoms with van der Waals surface area (Å²) in [7, 11) is 1.60.